The summed E-state index contributed by atoms with van der Waals surface area (Å²) in [5.74, 6) is 6.48. The van der Waals surface area contributed by atoms with Crippen LogP contribution in [0.5, 0.6) is 0 Å². The number of aryl methyl sites for hydroxylation is 1. The Morgan fingerprint density at radius 2 is 1.90 bits per heavy atom. The molecule has 0 amide bonds. The standard InChI is InChI=1S/C16H15ClN2O/c1-10-3-2-4-12-9-14(20-16(10)12)15(19-18)11-5-7-13(17)8-6-11/h2-9,15,19H,18H2,1H3. The number of hydrogen-bond acceptors (Lipinski definition) is 3. The summed E-state index contributed by atoms with van der Waals surface area (Å²) in [7, 11) is 0. The third-order valence-corrected chi connectivity index (χ3v) is 3.67. The second-order valence-corrected chi connectivity index (χ2v) is 5.23. The van der Waals surface area contributed by atoms with Gasteiger partial charge in [-0.1, -0.05) is 41.9 Å². The highest BCUT2D eigenvalue weighted by atomic mass is 35.5. The molecule has 20 heavy (non-hydrogen) atoms. The van der Waals surface area contributed by atoms with Gasteiger partial charge >= 0.3 is 0 Å². The SMILES string of the molecule is Cc1cccc2cc(C(NN)c3ccc(Cl)cc3)oc12. The Labute approximate surface area is 122 Å². The summed E-state index contributed by atoms with van der Waals surface area (Å²) in [6.07, 6.45) is 0. The maximum atomic E-state index is 5.96. The Kier molecular flexibility index (Phi) is 3.49. The first-order chi connectivity index (χ1) is 9.69. The van der Waals surface area contributed by atoms with Crippen LogP contribution in [0.4, 0.5) is 0 Å². The van der Waals surface area contributed by atoms with Crippen LogP contribution < -0.4 is 11.3 Å². The quantitative estimate of drug-likeness (QED) is 0.566. The summed E-state index contributed by atoms with van der Waals surface area (Å²) in [6.45, 7) is 2.03. The highest BCUT2D eigenvalue weighted by Crippen LogP contribution is 2.29. The fourth-order valence-electron chi connectivity index (χ4n) is 2.37. The molecule has 0 aliphatic heterocycles. The van der Waals surface area contributed by atoms with Crippen molar-refractivity contribution in [1.29, 1.82) is 0 Å². The lowest BCUT2D eigenvalue weighted by atomic mass is 10.0. The van der Waals surface area contributed by atoms with Crippen molar-refractivity contribution in [2.45, 2.75) is 13.0 Å². The van der Waals surface area contributed by atoms with Gasteiger partial charge in [0.25, 0.3) is 0 Å². The van der Waals surface area contributed by atoms with Gasteiger partial charge in [0.05, 0.1) is 0 Å². The molecule has 1 heterocycles. The minimum Gasteiger partial charge on any atom is -0.459 e. The van der Waals surface area contributed by atoms with E-state index in [1.807, 2.05) is 55.5 Å². The molecular formula is C16H15ClN2O. The largest absolute Gasteiger partial charge is 0.459 e. The molecule has 2 aromatic carbocycles. The number of fused-ring (bicyclic) bond motifs is 1. The van der Waals surface area contributed by atoms with Gasteiger partial charge in [0, 0.05) is 10.4 Å². The molecule has 0 aliphatic carbocycles. The maximum absolute atomic E-state index is 5.96. The number of nitrogens with one attached hydrogen (secondary N) is 1. The van der Waals surface area contributed by atoms with Crippen LogP contribution in [0.25, 0.3) is 11.0 Å². The third kappa shape index (κ3) is 2.31. The van der Waals surface area contributed by atoms with Gasteiger partial charge in [0.1, 0.15) is 17.4 Å². The van der Waals surface area contributed by atoms with Gasteiger partial charge in [-0.2, -0.15) is 0 Å². The van der Waals surface area contributed by atoms with E-state index in [-0.39, 0.29) is 6.04 Å². The fourth-order valence-corrected chi connectivity index (χ4v) is 2.49. The molecule has 3 N–H and O–H groups in total. The van der Waals surface area contributed by atoms with E-state index in [9.17, 15) is 0 Å². The molecule has 3 aromatic rings. The second kappa shape index (κ2) is 5.29. The van der Waals surface area contributed by atoms with Crippen molar-refractivity contribution in [3.05, 3.63) is 70.4 Å². The van der Waals surface area contributed by atoms with E-state index >= 15 is 0 Å². The van der Waals surface area contributed by atoms with Gasteiger partial charge in [-0.05, 0) is 36.2 Å². The van der Waals surface area contributed by atoms with Crippen LogP contribution in [0, 0.1) is 6.92 Å². The first-order valence-corrected chi connectivity index (χ1v) is 6.77. The van der Waals surface area contributed by atoms with Crippen molar-refractivity contribution in [3.8, 4) is 0 Å². The molecule has 0 saturated heterocycles. The van der Waals surface area contributed by atoms with Crippen LogP contribution >= 0.6 is 11.6 Å². The molecular weight excluding hydrogens is 272 g/mol. The Bertz CT molecular complexity index is 734. The molecule has 3 nitrogen and oxygen atoms in total. The van der Waals surface area contributed by atoms with Crippen molar-refractivity contribution >= 4 is 22.6 Å². The average Bonchev–Trinajstić information content (AvgIpc) is 2.87. The van der Waals surface area contributed by atoms with E-state index in [4.69, 9.17) is 21.9 Å². The number of rotatable bonds is 3. The number of benzene rings is 2. The number of nitrogens with two attached hydrogens (primary N) is 1. The zero-order valence-corrected chi connectivity index (χ0v) is 11.8. The van der Waals surface area contributed by atoms with Crippen LogP contribution in [-0.4, -0.2) is 0 Å². The Hall–Kier alpha value is -1.81. The predicted molar refractivity (Wildman–Crippen MR) is 81.6 cm³/mol. The number of hydrogen-bond donors (Lipinski definition) is 2. The van der Waals surface area contributed by atoms with Gasteiger partial charge in [0.2, 0.25) is 0 Å². The van der Waals surface area contributed by atoms with Crippen molar-refractivity contribution in [3.63, 3.8) is 0 Å². The normalized spacial score (nSPS) is 12.8. The smallest absolute Gasteiger partial charge is 0.137 e. The lowest BCUT2D eigenvalue weighted by Gasteiger charge is -2.13. The van der Waals surface area contributed by atoms with E-state index < -0.39 is 0 Å². The van der Waals surface area contributed by atoms with Crippen molar-refractivity contribution < 1.29 is 4.42 Å². The molecule has 0 aliphatic rings. The van der Waals surface area contributed by atoms with E-state index in [0.717, 1.165) is 27.9 Å². The highest BCUT2D eigenvalue weighted by Gasteiger charge is 2.17. The van der Waals surface area contributed by atoms with E-state index in [2.05, 4.69) is 5.43 Å². The molecule has 0 fully saturated rings. The fraction of sp³-hybridized carbons (Fsp3) is 0.125. The lowest BCUT2D eigenvalue weighted by molar-refractivity contribution is 0.476. The molecule has 1 atom stereocenters. The van der Waals surface area contributed by atoms with Crippen LogP contribution in [0.3, 0.4) is 0 Å². The van der Waals surface area contributed by atoms with E-state index in [0.29, 0.717) is 5.02 Å². The number of halogens is 1. The molecule has 0 saturated carbocycles. The topological polar surface area (TPSA) is 51.2 Å². The van der Waals surface area contributed by atoms with Gasteiger partial charge in [-0.25, -0.2) is 5.43 Å². The van der Waals surface area contributed by atoms with Crippen LogP contribution in [0.1, 0.15) is 22.9 Å². The number of furan rings is 1. The summed E-state index contributed by atoms with van der Waals surface area (Å²) < 4.78 is 5.96. The zero-order valence-electron chi connectivity index (χ0n) is 11.1. The van der Waals surface area contributed by atoms with Gasteiger partial charge < -0.3 is 4.42 Å². The van der Waals surface area contributed by atoms with Crippen LogP contribution in [0.2, 0.25) is 5.02 Å². The third-order valence-electron chi connectivity index (χ3n) is 3.41. The monoisotopic (exact) mass is 286 g/mol. The van der Waals surface area contributed by atoms with Gasteiger partial charge in [-0.15, -0.1) is 0 Å². The number of hydrazine groups is 1. The van der Waals surface area contributed by atoms with Crippen LogP contribution in [-0.2, 0) is 0 Å². The molecule has 3 rings (SSSR count). The first kappa shape index (κ1) is 13.2. The minimum atomic E-state index is -0.195. The second-order valence-electron chi connectivity index (χ2n) is 4.79. The summed E-state index contributed by atoms with van der Waals surface area (Å²) in [5.41, 5.74) is 5.82. The molecule has 4 heteroatoms. The molecule has 102 valence electrons. The lowest BCUT2D eigenvalue weighted by Crippen LogP contribution is -2.28. The highest BCUT2D eigenvalue weighted by molar-refractivity contribution is 6.30. The van der Waals surface area contributed by atoms with Crippen LogP contribution in [0.15, 0.2) is 52.9 Å². The van der Waals surface area contributed by atoms with Gasteiger partial charge in [-0.3, -0.25) is 5.84 Å². The predicted octanol–water partition coefficient (Wildman–Crippen LogP) is 3.95. The van der Waals surface area contributed by atoms with E-state index in [1.165, 1.54) is 0 Å². The summed E-state index contributed by atoms with van der Waals surface area (Å²) in [5, 5.41) is 1.78. The van der Waals surface area contributed by atoms with Crippen molar-refractivity contribution in [1.82, 2.24) is 5.43 Å². The van der Waals surface area contributed by atoms with Crippen molar-refractivity contribution in [2.75, 3.05) is 0 Å². The minimum absolute atomic E-state index is 0.195. The molecule has 0 radical (unpaired) electrons. The Morgan fingerprint density at radius 1 is 1.15 bits per heavy atom. The van der Waals surface area contributed by atoms with Gasteiger partial charge in [0.15, 0.2) is 0 Å². The molecule has 1 aromatic heterocycles. The molecule has 1 unspecified atom stereocenters. The summed E-state index contributed by atoms with van der Waals surface area (Å²) in [6, 6.07) is 15.5. The first-order valence-electron chi connectivity index (χ1n) is 6.39. The number of para-hydroxylation sites is 1. The Morgan fingerprint density at radius 3 is 2.55 bits per heavy atom. The maximum Gasteiger partial charge on any atom is 0.137 e. The van der Waals surface area contributed by atoms with Crippen molar-refractivity contribution in [2.24, 2.45) is 5.84 Å². The zero-order chi connectivity index (χ0) is 14.1. The summed E-state index contributed by atoms with van der Waals surface area (Å²) in [4.78, 5) is 0. The summed E-state index contributed by atoms with van der Waals surface area (Å²) >= 11 is 5.92. The van der Waals surface area contributed by atoms with E-state index in [1.54, 1.807) is 0 Å². The molecule has 0 bridgehead atoms. The molecule has 0 spiro atoms. The Balaban J connectivity index is 2.07. The average molecular weight is 287 g/mol.